The monoisotopic (exact) mass is 342 g/mol. The van der Waals surface area contributed by atoms with Crippen molar-refractivity contribution in [2.24, 2.45) is 5.73 Å². The highest BCUT2D eigenvalue weighted by Gasteiger charge is 2.24. The number of allylic oxidation sites excluding steroid dienone is 4. The van der Waals surface area contributed by atoms with Crippen LogP contribution in [0.2, 0.25) is 0 Å². The Labute approximate surface area is 148 Å². The zero-order valence-corrected chi connectivity index (χ0v) is 15.9. The van der Waals surface area contributed by atoms with E-state index in [1.807, 2.05) is 47.6 Å². The van der Waals surface area contributed by atoms with Gasteiger partial charge in [-0.2, -0.15) is 0 Å². The van der Waals surface area contributed by atoms with Crippen molar-refractivity contribution in [3.05, 3.63) is 39.8 Å². The minimum Gasteiger partial charge on any atom is -0.501 e. The van der Waals surface area contributed by atoms with Crippen molar-refractivity contribution < 1.29 is 9.53 Å². The molecule has 134 valence electrons. The lowest BCUT2D eigenvalue weighted by molar-refractivity contribution is 0.100. The topological polar surface area (TPSA) is 96.2 Å². The Balaban J connectivity index is 3.04. The molecule has 2 aromatic heterocycles. The molecule has 2 aromatic rings. The normalized spacial score (nSPS) is 12.1. The lowest BCUT2D eigenvalue weighted by Gasteiger charge is -2.17. The number of hydrogen-bond acceptors (Lipinski definition) is 4. The van der Waals surface area contributed by atoms with Crippen LogP contribution in [0.15, 0.2) is 23.0 Å². The van der Waals surface area contributed by atoms with Crippen LogP contribution in [0.4, 0.5) is 5.82 Å². The molecule has 2 heterocycles. The molecule has 0 aliphatic carbocycles. The van der Waals surface area contributed by atoms with Crippen LogP contribution in [0.5, 0.6) is 0 Å². The van der Waals surface area contributed by atoms with E-state index in [1.165, 1.54) is 0 Å². The van der Waals surface area contributed by atoms with Gasteiger partial charge in [0.15, 0.2) is 0 Å². The third-order valence-corrected chi connectivity index (χ3v) is 4.56. The lowest BCUT2D eigenvalue weighted by Crippen LogP contribution is -2.14. The number of amides is 1. The maximum Gasteiger partial charge on any atom is 0.253 e. The number of rotatable bonds is 4. The Morgan fingerprint density at radius 2 is 1.80 bits per heavy atom. The Hall–Kier alpha value is -2.76. The molecule has 25 heavy (non-hydrogen) atoms. The van der Waals surface area contributed by atoms with Crippen LogP contribution in [0.25, 0.3) is 16.7 Å². The molecule has 6 heteroatoms. The van der Waals surface area contributed by atoms with Gasteiger partial charge in [0.05, 0.1) is 24.1 Å². The van der Waals surface area contributed by atoms with Crippen LogP contribution < -0.4 is 11.5 Å². The predicted molar refractivity (Wildman–Crippen MR) is 102 cm³/mol. The first-order chi connectivity index (χ1) is 11.6. The van der Waals surface area contributed by atoms with Crippen LogP contribution in [0.1, 0.15) is 49.3 Å². The number of nitrogens with zero attached hydrogens (tertiary/aromatic N) is 2. The predicted octanol–water partition coefficient (Wildman–Crippen LogP) is 3.53. The first kappa shape index (κ1) is 18.6. The minimum atomic E-state index is -0.565. The summed E-state index contributed by atoms with van der Waals surface area (Å²) >= 11 is 0. The SMILES string of the molecule is CO/C(C)=C(\C)C(=C(C)C)n1c(N)c(C(N)=O)c2cc(C)c(C)nc21. The van der Waals surface area contributed by atoms with Crippen molar-refractivity contribution in [3.8, 4) is 0 Å². The van der Waals surface area contributed by atoms with Gasteiger partial charge < -0.3 is 16.2 Å². The fraction of sp³-hybridized carbons (Fsp3) is 0.368. The summed E-state index contributed by atoms with van der Waals surface area (Å²) in [5, 5.41) is 0.662. The lowest BCUT2D eigenvalue weighted by atomic mass is 10.1. The molecule has 4 N–H and O–H groups in total. The van der Waals surface area contributed by atoms with Crippen molar-refractivity contribution in [1.29, 1.82) is 0 Å². The molecule has 6 nitrogen and oxygen atoms in total. The van der Waals surface area contributed by atoms with E-state index in [0.29, 0.717) is 22.4 Å². The van der Waals surface area contributed by atoms with Gasteiger partial charge in [0.25, 0.3) is 5.91 Å². The number of nitrogens with two attached hydrogens (primary N) is 2. The highest BCUT2D eigenvalue weighted by Crippen LogP contribution is 2.35. The summed E-state index contributed by atoms with van der Waals surface area (Å²) in [6.07, 6.45) is 0. The summed E-state index contributed by atoms with van der Waals surface area (Å²) in [6, 6.07) is 1.91. The summed E-state index contributed by atoms with van der Waals surface area (Å²) in [7, 11) is 1.62. The number of nitrogen functional groups attached to an aromatic ring is 1. The number of primary amides is 1. The fourth-order valence-corrected chi connectivity index (χ4v) is 2.98. The van der Waals surface area contributed by atoms with E-state index in [9.17, 15) is 4.79 Å². The summed E-state index contributed by atoms with van der Waals surface area (Å²) < 4.78 is 7.19. The maximum atomic E-state index is 12.0. The largest absolute Gasteiger partial charge is 0.501 e. The molecule has 0 aliphatic rings. The molecule has 0 atom stereocenters. The number of aromatic nitrogens is 2. The first-order valence-electron chi connectivity index (χ1n) is 8.09. The van der Waals surface area contributed by atoms with Gasteiger partial charge in [-0.05, 0) is 53.2 Å². The van der Waals surface area contributed by atoms with Crippen LogP contribution in [-0.2, 0) is 4.74 Å². The number of anilines is 1. The van der Waals surface area contributed by atoms with Crippen LogP contribution in [-0.4, -0.2) is 22.6 Å². The van der Waals surface area contributed by atoms with Gasteiger partial charge in [0, 0.05) is 16.7 Å². The number of methoxy groups -OCH3 is 1. The minimum absolute atomic E-state index is 0.291. The first-order valence-corrected chi connectivity index (χ1v) is 8.09. The molecule has 0 bridgehead atoms. The number of carbonyl (C=O) groups is 1. The van der Waals surface area contributed by atoms with Gasteiger partial charge in [0.1, 0.15) is 11.5 Å². The number of hydrogen-bond donors (Lipinski definition) is 2. The number of fused-ring (bicyclic) bond motifs is 1. The van der Waals surface area contributed by atoms with Crippen molar-refractivity contribution in [1.82, 2.24) is 9.55 Å². The maximum absolute atomic E-state index is 12.0. The average molecular weight is 342 g/mol. The smallest absolute Gasteiger partial charge is 0.253 e. The van der Waals surface area contributed by atoms with Crippen LogP contribution in [0.3, 0.4) is 0 Å². The molecule has 2 rings (SSSR count). The molecule has 0 saturated carbocycles. The average Bonchev–Trinajstić information content (AvgIpc) is 2.79. The Bertz CT molecular complexity index is 929. The Kier molecular flexibility index (Phi) is 4.92. The molecular formula is C19H26N4O2. The number of ether oxygens (including phenoxy) is 1. The van der Waals surface area contributed by atoms with E-state index in [2.05, 4.69) is 4.98 Å². The van der Waals surface area contributed by atoms with Gasteiger partial charge in [0.2, 0.25) is 0 Å². The standard InChI is InChI=1S/C19H26N4O2/c1-9(2)16(11(4)13(6)25-7)23-17(20)15(18(21)24)14-8-10(3)12(5)22-19(14)23/h8H,20H2,1-7H3,(H2,21,24)/b13-11+. The van der Waals surface area contributed by atoms with E-state index in [-0.39, 0.29) is 0 Å². The molecule has 0 radical (unpaired) electrons. The fourth-order valence-electron chi connectivity index (χ4n) is 2.98. The second kappa shape index (κ2) is 6.63. The van der Waals surface area contributed by atoms with Gasteiger partial charge in [-0.3, -0.25) is 9.36 Å². The highest BCUT2D eigenvalue weighted by molar-refractivity contribution is 6.11. The van der Waals surface area contributed by atoms with E-state index in [4.69, 9.17) is 16.2 Å². The third kappa shape index (κ3) is 2.99. The van der Waals surface area contributed by atoms with Gasteiger partial charge in [-0.25, -0.2) is 4.98 Å². The molecule has 0 spiro atoms. The Morgan fingerprint density at radius 1 is 1.20 bits per heavy atom. The van der Waals surface area contributed by atoms with E-state index in [1.54, 1.807) is 11.7 Å². The second-order valence-corrected chi connectivity index (χ2v) is 6.46. The molecule has 0 unspecified atom stereocenters. The quantitative estimate of drug-likeness (QED) is 0.656. The molecule has 0 fully saturated rings. The van der Waals surface area contributed by atoms with Crippen molar-refractivity contribution in [2.75, 3.05) is 12.8 Å². The Morgan fingerprint density at radius 3 is 2.28 bits per heavy atom. The van der Waals surface area contributed by atoms with E-state index >= 15 is 0 Å². The zero-order chi connectivity index (χ0) is 19.0. The van der Waals surface area contributed by atoms with Crippen molar-refractivity contribution >= 4 is 28.5 Å². The van der Waals surface area contributed by atoms with Gasteiger partial charge in [-0.1, -0.05) is 5.57 Å². The van der Waals surface area contributed by atoms with Crippen molar-refractivity contribution in [2.45, 2.75) is 41.5 Å². The number of aryl methyl sites for hydroxylation is 2. The zero-order valence-electron chi connectivity index (χ0n) is 15.9. The van der Waals surface area contributed by atoms with Crippen molar-refractivity contribution in [3.63, 3.8) is 0 Å². The molecule has 0 aromatic carbocycles. The summed E-state index contributed by atoms with van der Waals surface area (Å²) in [5.74, 6) is 0.492. The number of pyridine rings is 1. The van der Waals surface area contributed by atoms with Crippen LogP contribution in [0, 0.1) is 13.8 Å². The molecule has 0 aliphatic heterocycles. The summed E-state index contributed by atoms with van der Waals surface area (Å²) in [5.41, 5.74) is 17.5. The van der Waals surface area contributed by atoms with Gasteiger partial charge >= 0.3 is 0 Å². The summed E-state index contributed by atoms with van der Waals surface area (Å²) in [6.45, 7) is 11.7. The van der Waals surface area contributed by atoms with E-state index in [0.717, 1.165) is 33.9 Å². The third-order valence-electron chi connectivity index (χ3n) is 4.56. The van der Waals surface area contributed by atoms with Crippen LogP contribution >= 0.6 is 0 Å². The highest BCUT2D eigenvalue weighted by atomic mass is 16.5. The summed E-state index contributed by atoms with van der Waals surface area (Å²) in [4.78, 5) is 16.7. The van der Waals surface area contributed by atoms with Gasteiger partial charge in [-0.15, -0.1) is 0 Å². The molecular weight excluding hydrogens is 316 g/mol. The molecule has 1 amide bonds. The number of carbonyl (C=O) groups excluding carboxylic acids is 1. The molecule has 0 saturated heterocycles. The van der Waals surface area contributed by atoms with E-state index < -0.39 is 5.91 Å². The second-order valence-electron chi connectivity index (χ2n) is 6.46.